The van der Waals surface area contributed by atoms with E-state index in [-0.39, 0.29) is 62.9 Å². The van der Waals surface area contributed by atoms with Crippen LogP contribution in [0.25, 0.3) is 0 Å². The minimum Gasteiger partial charge on any atom is -0.508 e. The number of aliphatic imine (C=N–C) groups is 1. The predicted octanol–water partition coefficient (Wildman–Crippen LogP) is -1.48. The highest BCUT2D eigenvalue weighted by Gasteiger charge is 2.43. The molecule has 0 aliphatic carbocycles. The van der Waals surface area contributed by atoms with E-state index in [1.165, 1.54) is 29.6 Å². The molecule has 2 heterocycles. The van der Waals surface area contributed by atoms with Gasteiger partial charge in [0.25, 0.3) is 0 Å². The molecule has 2 aromatic rings. The molecule has 0 spiro atoms. The summed E-state index contributed by atoms with van der Waals surface area (Å²) in [6, 6.07) is -2.35. The first-order valence-corrected chi connectivity index (χ1v) is 23.0. The molecule has 7 amide bonds. The number of aromatic nitrogens is 2. The van der Waals surface area contributed by atoms with Gasteiger partial charge >= 0.3 is 5.97 Å². The lowest BCUT2D eigenvalue weighted by atomic mass is 9.94. The molecule has 1 aromatic carbocycles. The molecule has 9 atom stereocenters. The first-order chi connectivity index (χ1) is 32.2. The molecular weight excluding hydrogens is 883 g/mol. The van der Waals surface area contributed by atoms with Crippen molar-refractivity contribution in [1.29, 1.82) is 0 Å². The zero-order chi connectivity index (χ0) is 50.7. The Morgan fingerprint density at radius 2 is 1.40 bits per heavy atom. The number of aromatic hydroxyl groups is 1. The van der Waals surface area contributed by atoms with Gasteiger partial charge in [0.2, 0.25) is 41.4 Å². The topological polar surface area (TPSA) is 358 Å². The molecule has 1 aliphatic rings. The van der Waals surface area contributed by atoms with Crippen LogP contribution in [0.2, 0.25) is 0 Å². The third-order valence-corrected chi connectivity index (χ3v) is 12.0. The normalized spacial score (nSPS) is 16.8. The number of phenols is 1. The second-order valence-electron chi connectivity index (χ2n) is 17.5. The SMILES string of the molecule is CC[C@H](C)[C@H](NC(=O)[C@@H]1CCN1C(=O)[C@H](Cc1cnc[nH]1)NC(=O)[C@@H](NC(=O)[C@H](Cc1ccc(O)cc1)NC(=O)[C@@H](NC(=O)[C@H](CCCN=C(N)N)NC(=O)CNC)C(C)C)[C@@H](C)CC)C(=O)O. The fourth-order valence-electron chi connectivity index (χ4n) is 7.40. The van der Waals surface area contributed by atoms with Crippen LogP contribution in [-0.2, 0) is 51.2 Å². The van der Waals surface area contributed by atoms with Crippen molar-refractivity contribution >= 4 is 53.3 Å². The maximum Gasteiger partial charge on any atom is 0.326 e. The van der Waals surface area contributed by atoms with Gasteiger partial charge in [-0.25, -0.2) is 9.78 Å². The van der Waals surface area contributed by atoms with E-state index < -0.39 is 101 Å². The van der Waals surface area contributed by atoms with Crippen LogP contribution in [0.5, 0.6) is 5.75 Å². The molecule has 68 heavy (non-hydrogen) atoms. The highest BCUT2D eigenvalue weighted by molar-refractivity contribution is 5.98. The first kappa shape index (κ1) is 55.5. The summed E-state index contributed by atoms with van der Waals surface area (Å²) < 4.78 is 0. The number of hydrogen-bond donors (Lipinski definition) is 12. The second kappa shape index (κ2) is 27.1. The molecule has 0 radical (unpaired) electrons. The lowest BCUT2D eigenvalue weighted by Crippen LogP contribution is -2.65. The molecule has 1 aromatic heterocycles. The van der Waals surface area contributed by atoms with Crippen molar-refractivity contribution in [3.63, 3.8) is 0 Å². The first-order valence-electron chi connectivity index (χ1n) is 23.0. The van der Waals surface area contributed by atoms with Crippen LogP contribution in [0.4, 0.5) is 0 Å². The minimum atomic E-state index is -1.34. The zero-order valence-corrected chi connectivity index (χ0v) is 40.0. The Morgan fingerprint density at radius 3 is 1.94 bits per heavy atom. The van der Waals surface area contributed by atoms with Crippen molar-refractivity contribution in [3.05, 3.63) is 48.0 Å². The fourth-order valence-corrected chi connectivity index (χ4v) is 7.40. The Morgan fingerprint density at radius 1 is 0.794 bits per heavy atom. The maximum atomic E-state index is 14.4. The number of amides is 7. The van der Waals surface area contributed by atoms with Gasteiger partial charge in [-0.2, -0.15) is 0 Å². The number of carboxylic acid groups (broad SMARTS) is 1. The average Bonchev–Trinajstić information content (AvgIpc) is 3.79. The largest absolute Gasteiger partial charge is 0.508 e. The van der Waals surface area contributed by atoms with E-state index >= 15 is 0 Å². The van der Waals surface area contributed by atoms with Gasteiger partial charge < -0.3 is 68.8 Å². The molecule has 1 aliphatic heterocycles. The molecule has 0 bridgehead atoms. The zero-order valence-electron chi connectivity index (χ0n) is 40.0. The van der Waals surface area contributed by atoms with Gasteiger partial charge in [0.05, 0.1) is 12.9 Å². The third-order valence-electron chi connectivity index (χ3n) is 12.0. The number of aromatic amines is 1. The van der Waals surface area contributed by atoms with Crippen molar-refractivity contribution < 1.29 is 48.6 Å². The summed E-state index contributed by atoms with van der Waals surface area (Å²) in [4.78, 5) is 121. The van der Waals surface area contributed by atoms with Crippen LogP contribution in [0.1, 0.15) is 84.9 Å². The number of guanidine groups is 1. The molecule has 0 unspecified atom stereocenters. The lowest BCUT2D eigenvalue weighted by molar-refractivity contribution is -0.152. The number of imidazole rings is 1. The van der Waals surface area contributed by atoms with Crippen molar-refractivity contribution in [3.8, 4) is 5.75 Å². The Kier molecular flexibility index (Phi) is 22.2. The molecule has 1 saturated heterocycles. The summed E-state index contributed by atoms with van der Waals surface area (Å²) in [6.45, 7) is 10.7. The number of carboxylic acids is 1. The van der Waals surface area contributed by atoms with Gasteiger partial charge in [-0.05, 0) is 61.8 Å². The predicted molar refractivity (Wildman–Crippen MR) is 251 cm³/mol. The van der Waals surface area contributed by atoms with Gasteiger partial charge in [0.15, 0.2) is 5.96 Å². The molecule has 1 fully saturated rings. The number of aliphatic carboxylic acids is 1. The van der Waals surface area contributed by atoms with E-state index in [0.29, 0.717) is 30.5 Å². The van der Waals surface area contributed by atoms with Crippen LogP contribution in [0.15, 0.2) is 41.8 Å². The Hall–Kier alpha value is -6.78. The van der Waals surface area contributed by atoms with Crippen LogP contribution in [0, 0.1) is 17.8 Å². The number of nitrogens with one attached hydrogen (secondary N) is 8. The standard InChI is InChI=1S/C45H71N13O10/c1-8-25(5)36(42(65)54-32(20-28-21-49-23-51-28)43(66)58-18-16-33(58)40(63)57-37(44(67)68)26(6)9-2)56-39(62)31(19-27-12-14-29(59)15-13-27)53-41(64)35(24(3)4)55-38(61)30(52-34(60)22-48-7)11-10-17-50-45(46)47/h12-15,21,23-26,30-33,35-37,48,59H,8-11,16-20,22H2,1-7H3,(H,49,51)(H,52,60)(H,53,64)(H,54,65)(H,55,61)(H,56,62)(H,57,63)(H,67,68)(H4,46,47,50)/t25-,26-,30-,31-,32-,33-,35-,36-,37-/m0/s1. The molecule has 23 heteroatoms. The number of H-pyrrole nitrogens is 1. The van der Waals surface area contributed by atoms with Gasteiger partial charge in [0, 0.05) is 37.8 Å². The highest BCUT2D eigenvalue weighted by Crippen LogP contribution is 2.22. The van der Waals surface area contributed by atoms with Gasteiger partial charge in [0.1, 0.15) is 48.0 Å². The summed E-state index contributed by atoms with van der Waals surface area (Å²) in [5.41, 5.74) is 11.9. The Labute approximate surface area is 396 Å². The van der Waals surface area contributed by atoms with Crippen LogP contribution >= 0.6 is 0 Å². The van der Waals surface area contributed by atoms with Crippen LogP contribution in [-0.4, -0.2) is 147 Å². The number of hydrogen-bond acceptors (Lipinski definition) is 12. The molecule has 14 N–H and O–H groups in total. The van der Waals surface area contributed by atoms with Gasteiger partial charge in [-0.3, -0.25) is 38.6 Å². The van der Waals surface area contributed by atoms with E-state index in [0.717, 1.165) is 0 Å². The number of benzene rings is 1. The molecular formula is C45H71N13O10. The third kappa shape index (κ3) is 16.8. The summed E-state index contributed by atoms with van der Waals surface area (Å²) >= 11 is 0. The van der Waals surface area contributed by atoms with Crippen molar-refractivity contribution in [2.45, 2.75) is 129 Å². The number of carbonyl (C=O) groups excluding carboxylic acids is 7. The van der Waals surface area contributed by atoms with E-state index in [2.05, 4.69) is 52.2 Å². The number of phenolic OH excluding ortho intramolecular Hbond substituents is 1. The molecule has 3 rings (SSSR count). The number of likely N-dealkylation sites (tertiary alicyclic amines) is 1. The molecule has 376 valence electrons. The Balaban J connectivity index is 1.90. The van der Waals surface area contributed by atoms with Crippen molar-refractivity contribution in [2.75, 3.05) is 26.7 Å². The van der Waals surface area contributed by atoms with E-state index in [9.17, 15) is 48.6 Å². The molecule has 0 saturated carbocycles. The molecule has 23 nitrogen and oxygen atoms in total. The smallest absolute Gasteiger partial charge is 0.326 e. The highest BCUT2D eigenvalue weighted by atomic mass is 16.4. The van der Waals surface area contributed by atoms with Crippen molar-refractivity contribution in [1.82, 2.24) is 52.1 Å². The van der Waals surface area contributed by atoms with E-state index in [1.54, 1.807) is 60.7 Å². The summed E-state index contributed by atoms with van der Waals surface area (Å²) in [5.74, 6) is -7.43. The van der Waals surface area contributed by atoms with Gasteiger partial charge in [-0.1, -0.05) is 66.5 Å². The quantitative estimate of drug-likeness (QED) is 0.0263. The Bertz CT molecular complexity index is 2050. The van der Waals surface area contributed by atoms with E-state index in [1.807, 2.05) is 0 Å². The number of likely N-dealkylation sites (N-methyl/N-ethyl adjacent to an activating group) is 1. The second-order valence-corrected chi connectivity index (χ2v) is 17.5. The summed E-state index contributed by atoms with van der Waals surface area (Å²) in [6.07, 6.45) is 4.28. The van der Waals surface area contributed by atoms with Crippen LogP contribution < -0.4 is 48.7 Å². The number of nitrogens with two attached hydrogens (primary N) is 2. The van der Waals surface area contributed by atoms with Crippen molar-refractivity contribution in [2.24, 2.45) is 34.2 Å². The van der Waals surface area contributed by atoms with Crippen LogP contribution in [0.3, 0.4) is 0 Å². The summed E-state index contributed by atoms with van der Waals surface area (Å²) in [5, 5.41) is 38.7. The number of carbonyl (C=O) groups is 8. The monoisotopic (exact) mass is 954 g/mol. The van der Waals surface area contributed by atoms with Gasteiger partial charge in [-0.15, -0.1) is 0 Å². The average molecular weight is 954 g/mol. The summed E-state index contributed by atoms with van der Waals surface area (Å²) in [7, 11) is 1.57. The fraction of sp³-hybridized carbons (Fsp3) is 0.600. The minimum absolute atomic E-state index is 0.0375. The maximum absolute atomic E-state index is 14.4. The number of nitrogens with zero attached hydrogens (tertiary/aromatic N) is 3. The lowest BCUT2D eigenvalue weighted by Gasteiger charge is -2.42. The number of rotatable bonds is 28. The van der Waals surface area contributed by atoms with E-state index in [4.69, 9.17) is 11.5 Å².